The molecule has 1 aliphatic rings. The van der Waals surface area contributed by atoms with E-state index in [0.717, 1.165) is 34.8 Å². The second kappa shape index (κ2) is 7.86. The van der Waals surface area contributed by atoms with E-state index in [9.17, 15) is 4.79 Å². The summed E-state index contributed by atoms with van der Waals surface area (Å²) in [5.74, 6) is 0.714. The van der Waals surface area contributed by atoms with Gasteiger partial charge in [0.25, 0.3) is 0 Å². The van der Waals surface area contributed by atoms with E-state index < -0.39 is 11.6 Å². The van der Waals surface area contributed by atoms with Gasteiger partial charge in [0.2, 0.25) is 0 Å². The molecule has 1 aromatic carbocycles. The molecule has 0 radical (unpaired) electrons. The molecule has 1 aromatic rings. The van der Waals surface area contributed by atoms with Gasteiger partial charge >= 0.3 is 5.97 Å². The molecule has 0 N–H and O–H groups in total. The summed E-state index contributed by atoms with van der Waals surface area (Å²) in [6.45, 7) is 7.38. The Morgan fingerprint density at radius 2 is 2.04 bits per heavy atom. The summed E-state index contributed by atoms with van der Waals surface area (Å²) < 4.78 is 17.4. The van der Waals surface area contributed by atoms with Crippen LogP contribution in [0.1, 0.15) is 31.2 Å². The lowest BCUT2D eigenvalue weighted by Crippen LogP contribution is -2.31. The Labute approximate surface area is 150 Å². The third-order valence-corrected chi connectivity index (χ3v) is 4.76. The number of hydrogen-bond acceptors (Lipinski definition) is 4. The lowest BCUT2D eigenvalue weighted by molar-refractivity contribution is -0.157. The number of benzene rings is 1. The van der Waals surface area contributed by atoms with Crippen LogP contribution >= 0.6 is 22.6 Å². The highest BCUT2D eigenvalue weighted by Crippen LogP contribution is 2.36. The number of esters is 1. The van der Waals surface area contributed by atoms with Crippen LogP contribution in [0.15, 0.2) is 31.4 Å². The van der Waals surface area contributed by atoms with E-state index in [1.807, 2.05) is 12.1 Å². The predicted octanol–water partition coefficient (Wildman–Crippen LogP) is 4.36. The van der Waals surface area contributed by atoms with Crippen molar-refractivity contribution >= 4 is 34.6 Å². The maximum atomic E-state index is 12.1. The number of hydrogen-bond donors (Lipinski definition) is 0. The van der Waals surface area contributed by atoms with Crippen molar-refractivity contribution in [1.29, 1.82) is 0 Å². The van der Waals surface area contributed by atoms with Gasteiger partial charge in [0.1, 0.15) is 5.60 Å². The highest BCUT2D eigenvalue weighted by atomic mass is 127. The van der Waals surface area contributed by atoms with Gasteiger partial charge in [-0.15, -0.1) is 0 Å². The Morgan fingerprint density at radius 3 is 2.61 bits per heavy atom. The van der Waals surface area contributed by atoms with E-state index in [0.29, 0.717) is 11.5 Å². The van der Waals surface area contributed by atoms with E-state index >= 15 is 0 Å². The van der Waals surface area contributed by atoms with Crippen LogP contribution < -0.4 is 9.47 Å². The first-order valence-electron chi connectivity index (χ1n) is 7.52. The molecule has 2 rings (SSSR count). The molecule has 1 fully saturated rings. The lowest BCUT2D eigenvalue weighted by atomic mass is 10.0. The summed E-state index contributed by atoms with van der Waals surface area (Å²) in [5, 5.41) is 0. The summed E-state index contributed by atoms with van der Waals surface area (Å²) in [7, 11) is 1.56. The van der Waals surface area contributed by atoms with Gasteiger partial charge in [-0.05, 0) is 72.0 Å². The molecule has 4 nitrogen and oxygen atoms in total. The van der Waals surface area contributed by atoms with Crippen LogP contribution in [0.3, 0.4) is 0 Å². The third kappa shape index (κ3) is 4.28. The van der Waals surface area contributed by atoms with Crippen LogP contribution in [0.2, 0.25) is 0 Å². The van der Waals surface area contributed by atoms with Crippen molar-refractivity contribution in [3.8, 4) is 11.5 Å². The zero-order valence-corrected chi connectivity index (χ0v) is 15.4. The SMILES string of the molecule is C=Cc1cc(I)c(OCC(=O)OC2(C=C)CCCC2)c(OC)c1. The quantitative estimate of drug-likeness (QED) is 0.368. The molecule has 23 heavy (non-hydrogen) atoms. The normalized spacial score (nSPS) is 15.7. The molecule has 5 heteroatoms. The molecule has 0 heterocycles. The first kappa shape index (κ1) is 17.8. The second-order valence-electron chi connectivity index (χ2n) is 5.48. The molecule has 0 saturated heterocycles. The van der Waals surface area contributed by atoms with E-state index in [-0.39, 0.29) is 6.61 Å². The molecule has 1 saturated carbocycles. The summed E-state index contributed by atoms with van der Waals surface area (Å²) >= 11 is 2.14. The fourth-order valence-corrected chi connectivity index (χ4v) is 3.49. The van der Waals surface area contributed by atoms with Gasteiger partial charge in [-0.25, -0.2) is 4.79 Å². The highest BCUT2D eigenvalue weighted by Gasteiger charge is 2.34. The standard InChI is InChI=1S/C18H21IO4/c1-4-13-10-14(19)17(15(11-13)21-3)22-12-16(20)23-18(5-2)8-6-7-9-18/h4-5,10-11H,1-2,6-9,12H2,3H3. The number of ether oxygens (including phenoxy) is 3. The van der Waals surface area contributed by atoms with Crippen molar-refractivity contribution in [2.45, 2.75) is 31.3 Å². The van der Waals surface area contributed by atoms with E-state index in [2.05, 4.69) is 35.7 Å². The van der Waals surface area contributed by atoms with E-state index in [4.69, 9.17) is 14.2 Å². The fraction of sp³-hybridized carbons (Fsp3) is 0.389. The predicted molar refractivity (Wildman–Crippen MR) is 98.8 cm³/mol. The van der Waals surface area contributed by atoms with Crippen molar-refractivity contribution in [2.75, 3.05) is 13.7 Å². The average Bonchev–Trinajstić information content (AvgIpc) is 3.01. The van der Waals surface area contributed by atoms with Crippen LogP contribution in [0, 0.1) is 3.57 Å². The fourth-order valence-electron chi connectivity index (χ4n) is 2.71. The lowest BCUT2D eigenvalue weighted by Gasteiger charge is -2.25. The minimum absolute atomic E-state index is 0.157. The van der Waals surface area contributed by atoms with Gasteiger partial charge in [0, 0.05) is 0 Å². The first-order valence-corrected chi connectivity index (χ1v) is 8.59. The molecular formula is C18H21IO4. The van der Waals surface area contributed by atoms with Gasteiger partial charge in [0.15, 0.2) is 18.1 Å². The van der Waals surface area contributed by atoms with Crippen LogP contribution in [0.4, 0.5) is 0 Å². The third-order valence-electron chi connectivity index (χ3n) is 3.96. The molecule has 0 bridgehead atoms. The van der Waals surface area contributed by atoms with Crippen LogP contribution in [0.5, 0.6) is 11.5 Å². The maximum absolute atomic E-state index is 12.1. The van der Waals surface area contributed by atoms with Crippen molar-refractivity contribution in [1.82, 2.24) is 0 Å². The number of methoxy groups -OCH3 is 1. The second-order valence-corrected chi connectivity index (χ2v) is 6.64. The van der Waals surface area contributed by atoms with Crippen molar-refractivity contribution < 1.29 is 19.0 Å². The Kier molecular flexibility index (Phi) is 6.10. The molecule has 124 valence electrons. The van der Waals surface area contributed by atoms with Crippen molar-refractivity contribution in [2.24, 2.45) is 0 Å². The van der Waals surface area contributed by atoms with Gasteiger partial charge in [0.05, 0.1) is 10.7 Å². The number of carbonyl (C=O) groups excluding carboxylic acids is 1. The van der Waals surface area contributed by atoms with Gasteiger partial charge < -0.3 is 14.2 Å². The zero-order valence-electron chi connectivity index (χ0n) is 13.3. The number of carbonyl (C=O) groups is 1. The Hall–Kier alpha value is -1.50. The molecule has 0 aliphatic heterocycles. The minimum atomic E-state index is -0.523. The highest BCUT2D eigenvalue weighted by molar-refractivity contribution is 14.1. The summed E-state index contributed by atoms with van der Waals surface area (Å²) in [6, 6.07) is 3.73. The van der Waals surface area contributed by atoms with Crippen LogP contribution in [-0.2, 0) is 9.53 Å². The summed E-state index contributed by atoms with van der Waals surface area (Å²) in [5.41, 5.74) is 0.405. The van der Waals surface area contributed by atoms with E-state index in [1.165, 1.54) is 0 Å². The molecule has 1 aliphatic carbocycles. The Balaban J connectivity index is 2.04. The van der Waals surface area contributed by atoms with Gasteiger partial charge in [-0.3, -0.25) is 0 Å². The molecule has 0 atom stereocenters. The molecule has 0 spiro atoms. The van der Waals surface area contributed by atoms with Crippen molar-refractivity contribution in [3.63, 3.8) is 0 Å². The summed E-state index contributed by atoms with van der Waals surface area (Å²) in [6.07, 6.45) is 7.23. The minimum Gasteiger partial charge on any atom is -0.493 e. The molecule has 0 aromatic heterocycles. The Bertz CT molecular complexity index is 603. The van der Waals surface area contributed by atoms with Crippen LogP contribution in [0.25, 0.3) is 6.08 Å². The van der Waals surface area contributed by atoms with Crippen molar-refractivity contribution in [3.05, 3.63) is 40.5 Å². The molecular weight excluding hydrogens is 407 g/mol. The summed E-state index contributed by atoms with van der Waals surface area (Å²) in [4.78, 5) is 12.1. The van der Waals surface area contributed by atoms with Gasteiger partial charge in [-0.2, -0.15) is 0 Å². The first-order chi connectivity index (χ1) is 11.0. The topological polar surface area (TPSA) is 44.8 Å². The Morgan fingerprint density at radius 1 is 1.35 bits per heavy atom. The molecule has 0 amide bonds. The van der Waals surface area contributed by atoms with E-state index in [1.54, 1.807) is 19.3 Å². The van der Waals surface area contributed by atoms with Gasteiger partial charge in [-0.1, -0.05) is 19.2 Å². The smallest absolute Gasteiger partial charge is 0.345 e. The average molecular weight is 428 g/mol. The largest absolute Gasteiger partial charge is 0.493 e. The molecule has 0 unspecified atom stereocenters. The monoisotopic (exact) mass is 428 g/mol. The zero-order chi connectivity index (χ0) is 16.9. The van der Waals surface area contributed by atoms with Crippen LogP contribution in [-0.4, -0.2) is 25.3 Å². The number of halogens is 1. The maximum Gasteiger partial charge on any atom is 0.345 e. The number of rotatable bonds is 7.